The molecule has 0 amide bonds. The van der Waals surface area contributed by atoms with Gasteiger partial charge in [0.2, 0.25) is 0 Å². The summed E-state index contributed by atoms with van der Waals surface area (Å²) in [6, 6.07) is 13.6. The molecule has 0 fully saturated rings. The Morgan fingerprint density at radius 2 is 1.52 bits per heavy atom. The fraction of sp³-hybridized carbons (Fsp3) is 0.111. The molecule has 0 radical (unpaired) electrons. The predicted molar refractivity (Wildman–Crippen MR) is 88.1 cm³/mol. The minimum atomic E-state index is -0.538. The molecule has 0 N–H and O–H groups in total. The van der Waals surface area contributed by atoms with Gasteiger partial charge < -0.3 is 9.47 Å². The lowest BCUT2D eigenvalue weighted by Gasteiger charge is -2.06. The number of hydrogen-bond donors (Lipinski definition) is 0. The molecule has 118 valence electrons. The summed E-state index contributed by atoms with van der Waals surface area (Å²) >= 11 is 5.81. The van der Waals surface area contributed by atoms with Crippen LogP contribution in [0.15, 0.2) is 60.7 Å². The minimum Gasteiger partial charge on any atom is -0.463 e. The Morgan fingerprint density at radius 3 is 2.09 bits per heavy atom. The van der Waals surface area contributed by atoms with Crippen LogP contribution in [0, 0.1) is 0 Å². The second-order valence-corrected chi connectivity index (χ2v) is 4.97. The van der Waals surface area contributed by atoms with Gasteiger partial charge in [-0.2, -0.15) is 0 Å². The van der Waals surface area contributed by atoms with Gasteiger partial charge >= 0.3 is 5.97 Å². The van der Waals surface area contributed by atoms with Gasteiger partial charge in [-0.3, -0.25) is 4.79 Å². The lowest BCUT2D eigenvalue weighted by molar-refractivity contribution is -0.137. The molecule has 0 aromatic heterocycles. The Bertz CT molecular complexity index is 703. The van der Waals surface area contributed by atoms with Crippen molar-refractivity contribution in [1.29, 1.82) is 0 Å². The first kappa shape index (κ1) is 16.8. The first-order valence-corrected chi connectivity index (χ1v) is 7.39. The number of allylic oxidation sites excluding steroid dienone is 1. The summed E-state index contributed by atoms with van der Waals surface area (Å²) in [6.45, 7) is 1.97. The van der Waals surface area contributed by atoms with Gasteiger partial charge in [0.15, 0.2) is 5.78 Å². The van der Waals surface area contributed by atoms with Gasteiger partial charge in [-0.15, -0.1) is 0 Å². The Morgan fingerprint density at radius 1 is 0.957 bits per heavy atom. The van der Waals surface area contributed by atoms with E-state index in [1.165, 1.54) is 6.08 Å². The first-order chi connectivity index (χ1) is 11.1. The van der Waals surface area contributed by atoms with Crippen molar-refractivity contribution in [2.75, 3.05) is 6.61 Å². The number of rotatable bonds is 6. The quantitative estimate of drug-likeness (QED) is 0.446. The number of benzene rings is 2. The normalized spacial score (nSPS) is 10.5. The van der Waals surface area contributed by atoms with E-state index in [0.29, 0.717) is 22.1 Å². The maximum atomic E-state index is 11.9. The van der Waals surface area contributed by atoms with E-state index in [9.17, 15) is 9.59 Å². The van der Waals surface area contributed by atoms with Gasteiger partial charge in [-0.05, 0) is 61.5 Å². The topological polar surface area (TPSA) is 52.6 Å². The van der Waals surface area contributed by atoms with Crippen LogP contribution in [0.2, 0.25) is 5.02 Å². The van der Waals surface area contributed by atoms with Crippen LogP contribution < -0.4 is 4.74 Å². The SMILES string of the molecule is CCOC(=O)/C=C/C(=O)c1ccc(Oc2ccc(Cl)cc2)cc1. The molecule has 0 unspecified atom stereocenters. The van der Waals surface area contributed by atoms with Gasteiger partial charge in [-0.1, -0.05) is 11.6 Å². The summed E-state index contributed by atoms with van der Waals surface area (Å²) in [5.41, 5.74) is 0.453. The molecule has 0 aliphatic rings. The van der Waals surface area contributed by atoms with Gasteiger partial charge in [0, 0.05) is 16.7 Å². The average Bonchev–Trinajstić information content (AvgIpc) is 2.56. The molecule has 0 atom stereocenters. The molecule has 0 aliphatic carbocycles. The Hall–Kier alpha value is -2.59. The van der Waals surface area contributed by atoms with Gasteiger partial charge in [0.25, 0.3) is 0 Å². The summed E-state index contributed by atoms with van der Waals surface area (Å²) < 4.78 is 10.4. The molecule has 0 saturated carbocycles. The Balaban J connectivity index is 2.00. The maximum absolute atomic E-state index is 11.9. The minimum absolute atomic E-state index is 0.272. The molecule has 2 aromatic rings. The third kappa shape index (κ3) is 5.27. The van der Waals surface area contributed by atoms with Gasteiger partial charge in [0.05, 0.1) is 6.61 Å². The second-order valence-electron chi connectivity index (χ2n) is 4.53. The highest BCUT2D eigenvalue weighted by Crippen LogP contribution is 2.23. The second kappa shape index (κ2) is 8.15. The summed E-state index contributed by atoms with van der Waals surface area (Å²) in [4.78, 5) is 23.1. The zero-order valence-electron chi connectivity index (χ0n) is 12.5. The van der Waals surface area contributed by atoms with E-state index in [1.54, 1.807) is 55.5 Å². The fourth-order valence-electron chi connectivity index (χ4n) is 1.76. The van der Waals surface area contributed by atoms with Crippen molar-refractivity contribution in [2.45, 2.75) is 6.92 Å². The molecule has 4 nitrogen and oxygen atoms in total. The van der Waals surface area contributed by atoms with E-state index < -0.39 is 5.97 Å². The lowest BCUT2D eigenvalue weighted by Crippen LogP contribution is -2.01. The summed E-state index contributed by atoms with van der Waals surface area (Å²) in [5, 5.41) is 0.631. The van der Waals surface area contributed by atoms with E-state index in [0.717, 1.165) is 6.08 Å². The molecule has 0 bridgehead atoms. The first-order valence-electron chi connectivity index (χ1n) is 7.01. The summed E-state index contributed by atoms with van der Waals surface area (Å²) in [6.07, 6.45) is 2.30. The monoisotopic (exact) mass is 330 g/mol. The predicted octanol–water partition coefficient (Wildman–Crippen LogP) is 4.43. The molecule has 0 spiro atoms. The van der Waals surface area contributed by atoms with Crippen LogP contribution in [-0.2, 0) is 9.53 Å². The molecule has 2 aromatic carbocycles. The number of ketones is 1. The molecule has 23 heavy (non-hydrogen) atoms. The van der Waals surface area contributed by atoms with Crippen molar-refractivity contribution in [2.24, 2.45) is 0 Å². The van der Waals surface area contributed by atoms with Crippen molar-refractivity contribution in [3.8, 4) is 11.5 Å². The van der Waals surface area contributed by atoms with Crippen LogP contribution in [0.5, 0.6) is 11.5 Å². The largest absolute Gasteiger partial charge is 0.463 e. The number of hydrogen-bond acceptors (Lipinski definition) is 4. The molecule has 0 saturated heterocycles. The molecule has 2 rings (SSSR count). The number of ether oxygens (including phenoxy) is 2. The number of esters is 1. The van der Waals surface area contributed by atoms with Crippen molar-refractivity contribution in [3.05, 3.63) is 71.3 Å². The zero-order valence-corrected chi connectivity index (χ0v) is 13.2. The molecular formula is C18H15ClO4. The third-order valence-electron chi connectivity index (χ3n) is 2.85. The number of carbonyl (C=O) groups excluding carboxylic acids is 2. The van der Waals surface area contributed by atoms with Crippen molar-refractivity contribution >= 4 is 23.4 Å². The highest BCUT2D eigenvalue weighted by Gasteiger charge is 2.04. The Labute approximate surface area is 139 Å². The number of halogens is 1. The van der Waals surface area contributed by atoms with Gasteiger partial charge in [-0.25, -0.2) is 4.79 Å². The highest BCUT2D eigenvalue weighted by molar-refractivity contribution is 6.30. The Kier molecular flexibility index (Phi) is 5.94. The number of carbonyl (C=O) groups is 2. The van der Waals surface area contributed by atoms with E-state index in [4.69, 9.17) is 21.1 Å². The maximum Gasteiger partial charge on any atom is 0.330 e. The average molecular weight is 331 g/mol. The van der Waals surface area contributed by atoms with Crippen LogP contribution >= 0.6 is 11.6 Å². The van der Waals surface area contributed by atoms with E-state index in [1.807, 2.05) is 0 Å². The smallest absolute Gasteiger partial charge is 0.330 e. The van der Waals surface area contributed by atoms with Crippen LogP contribution in [0.25, 0.3) is 0 Å². The summed E-state index contributed by atoms with van der Waals surface area (Å²) in [5.74, 6) is 0.425. The standard InChI is InChI=1S/C18H15ClO4/c1-2-22-18(21)12-11-17(20)13-3-7-15(8-4-13)23-16-9-5-14(19)6-10-16/h3-12H,2H2,1H3/b12-11+. The van der Waals surface area contributed by atoms with E-state index in [-0.39, 0.29) is 12.4 Å². The molecular weight excluding hydrogens is 316 g/mol. The highest BCUT2D eigenvalue weighted by atomic mass is 35.5. The van der Waals surface area contributed by atoms with Crippen molar-refractivity contribution in [3.63, 3.8) is 0 Å². The molecule has 0 heterocycles. The van der Waals surface area contributed by atoms with Crippen molar-refractivity contribution in [1.82, 2.24) is 0 Å². The fourth-order valence-corrected chi connectivity index (χ4v) is 1.88. The van der Waals surface area contributed by atoms with E-state index >= 15 is 0 Å². The van der Waals surface area contributed by atoms with Crippen LogP contribution in [-0.4, -0.2) is 18.4 Å². The van der Waals surface area contributed by atoms with Crippen LogP contribution in [0.4, 0.5) is 0 Å². The molecule has 0 aliphatic heterocycles. The van der Waals surface area contributed by atoms with Crippen LogP contribution in [0.1, 0.15) is 17.3 Å². The van der Waals surface area contributed by atoms with Crippen LogP contribution in [0.3, 0.4) is 0 Å². The third-order valence-corrected chi connectivity index (χ3v) is 3.10. The lowest BCUT2D eigenvalue weighted by atomic mass is 10.1. The van der Waals surface area contributed by atoms with E-state index in [2.05, 4.69) is 0 Å². The molecule has 5 heteroatoms. The van der Waals surface area contributed by atoms with Crippen molar-refractivity contribution < 1.29 is 19.1 Å². The van der Waals surface area contributed by atoms with Gasteiger partial charge in [0.1, 0.15) is 11.5 Å². The zero-order chi connectivity index (χ0) is 16.7. The summed E-state index contributed by atoms with van der Waals surface area (Å²) in [7, 11) is 0.